The highest BCUT2D eigenvalue weighted by molar-refractivity contribution is 6.07. The average Bonchev–Trinajstić information content (AvgIpc) is 1.64. The largest absolute Gasteiger partial charge is 0.494 e. The predicted molar refractivity (Wildman–Crippen MR) is 520 cm³/mol. The van der Waals surface area contributed by atoms with E-state index in [1.54, 1.807) is 72.8 Å². The number of alkyl halides is 3. The number of halogens is 4. The molecular formula is C107H120F4N6O21. The number of aryl methyl sites for hydroxylation is 8. The van der Waals surface area contributed by atoms with Gasteiger partial charge in [0.15, 0.2) is 23.0 Å². The van der Waals surface area contributed by atoms with E-state index in [2.05, 4.69) is 136 Å². The summed E-state index contributed by atoms with van der Waals surface area (Å²) in [4.78, 5) is 51.6. The highest BCUT2D eigenvalue weighted by atomic mass is 19.1. The van der Waals surface area contributed by atoms with E-state index in [9.17, 15) is 36.7 Å². The molecule has 0 spiro atoms. The second kappa shape index (κ2) is 43.7. The number of nitrogens with one attached hydrogen (secondary N) is 6. The summed E-state index contributed by atoms with van der Waals surface area (Å²) < 4.78 is 146. The minimum Gasteiger partial charge on any atom is -0.494 e. The van der Waals surface area contributed by atoms with Gasteiger partial charge in [0.25, 0.3) is 47.4 Å². The SMILES string of the molecule is COc1cc(F)cc(OC)c1NC(=O)c1ccc(Oc2cc3c(cc2C)CCC3(C)C)o1.COc1cc(NCCCF)cc(OC)c1NC(=O)c1ccc(Oc2cc3c(cc2C)CCC3(C)C)o1.COc1cc(NCCF)cc(OC)c1NC(=O)c1ccc(Oc2cc3c(cc2C)CCC3(C)C)o1.COc1cc(OCCF)cc(OC)c1NC(=O)c1ccc(Oc2cc3c(cc2C)CCC3(C)C)o1. The van der Waals surface area contributed by atoms with Crippen molar-refractivity contribution in [1.82, 2.24) is 0 Å². The van der Waals surface area contributed by atoms with Crippen molar-refractivity contribution in [3.63, 3.8) is 0 Å². The van der Waals surface area contributed by atoms with E-state index in [-0.39, 0.29) is 98.8 Å². The van der Waals surface area contributed by atoms with E-state index < -0.39 is 49.5 Å². The molecule has 0 unspecified atom stereocenters. The third-order valence-electron chi connectivity index (χ3n) is 25.0. The molecule has 4 aromatic heterocycles. The molecule has 27 nitrogen and oxygen atoms in total. The maximum Gasteiger partial charge on any atom is 0.291 e. The van der Waals surface area contributed by atoms with Crippen LogP contribution < -0.4 is 93.5 Å². The Morgan fingerprint density at radius 1 is 0.319 bits per heavy atom. The molecule has 0 saturated carbocycles. The molecule has 0 bridgehead atoms. The molecule has 6 N–H and O–H groups in total. The summed E-state index contributed by atoms with van der Waals surface area (Å²) in [5.41, 5.74) is 17.5. The lowest BCUT2D eigenvalue weighted by Gasteiger charge is -2.20. The van der Waals surface area contributed by atoms with E-state index in [1.807, 2.05) is 27.7 Å². The van der Waals surface area contributed by atoms with Gasteiger partial charge in [-0.3, -0.25) is 23.6 Å². The van der Waals surface area contributed by atoms with E-state index in [1.165, 1.54) is 114 Å². The number of rotatable bonds is 34. The molecule has 4 amide bonds. The van der Waals surface area contributed by atoms with Crippen LogP contribution in [-0.2, 0) is 47.3 Å². The predicted octanol–water partition coefficient (Wildman–Crippen LogP) is 25.1. The number of hydrogen-bond acceptors (Lipinski definition) is 23. The van der Waals surface area contributed by atoms with Crippen LogP contribution in [0.2, 0.25) is 0 Å². The maximum absolute atomic E-state index is 13.7. The lowest BCUT2D eigenvalue weighted by atomic mass is 9.86. The number of carbonyl (C=O) groups excluding carboxylic acids is 4. The van der Waals surface area contributed by atoms with Crippen molar-refractivity contribution < 1.29 is 116 Å². The third-order valence-corrected chi connectivity index (χ3v) is 25.0. The van der Waals surface area contributed by atoms with Crippen molar-refractivity contribution in [3.05, 3.63) is 241 Å². The number of benzene rings is 8. The van der Waals surface area contributed by atoms with Gasteiger partial charge in [-0.1, -0.05) is 79.7 Å². The molecule has 12 aromatic rings. The summed E-state index contributed by atoms with van der Waals surface area (Å²) >= 11 is 0. The Morgan fingerprint density at radius 2 is 0.572 bits per heavy atom. The first-order valence-corrected chi connectivity index (χ1v) is 45.4. The summed E-state index contributed by atoms with van der Waals surface area (Å²) in [6.07, 6.45) is 9.06. The van der Waals surface area contributed by atoms with Crippen LogP contribution in [0.25, 0.3) is 0 Å². The van der Waals surface area contributed by atoms with Crippen LogP contribution in [0.5, 0.6) is 98.5 Å². The zero-order valence-corrected chi connectivity index (χ0v) is 81.5. The number of ether oxygens (including phenoxy) is 13. The molecule has 31 heteroatoms. The van der Waals surface area contributed by atoms with Gasteiger partial charge in [-0.2, -0.15) is 0 Å². The minimum absolute atomic E-state index is 0.0348. The lowest BCUT2D eigenvalue weighted by molar-refractivity contribution is 0.0984. The van der Waals surface area contributed by atoms with Crippen molar-refractivity contribution in [3.8, 4) is 98.5 Å². The number of furan rings is 4. The molecule has 8 aromatic carbocycles. The Hall–Kier alpha value is -14.5. The normalized spacial score (nSPS) is 13.8. The van der Waals surface area contributed by atoms with Crippen LogP contribution in [0.15, 0.2) is 163 Å². The summed E-state index contributed by atoms with van der Waals surface area (Å²) in [5, 5.41) is 17.0. The fraction of sp³-hybridized carbons (Fsp3) is 0.364. The van der Waals surface area contributed by atoms with Crippen LogP contribution in [0.3, 0.4) is 0 Å². The smallest absolute Gasteiger partial charge is 0.291 e. The number of methoxy groups -OCH3 is 8. The number of carbonyl (C=O) groups is 4. The van der Waals surface area contributed by atoms with E-state index in [0.29, 0.717) is 105 Å². The molecule has 0 radical (unpaired) electrons. The second-order valence-electron chi connectivity index (χ2n) is 36.4. The molecule has 16 rings (SSSR count). The van der Waals surface area contributed by atoms with Gasteiger partial charge in [0.05, 0.1) is 63.6 Å². The van der Waals surface area contributed by atoms with Crippen LogP contribution >= 0.6 is 0 Å². The monoisotopic (exact) mass is 1900 g/mol. The minimum atomic E-state index is -0.630. The molecule has 0 saturated heterocycles. The molecule has 0 aliphatic heterocycles. The fourth-order valence-electron chi connectivity index (χ4n) is 17.2. The van der Waals surface area contributed by atoms with Gasteiger partial charge in [0.2, 0.25) is 0 Å². The molecule has 4 aliphatic rings. The van der Waals surface area contributed by atoms with Gasteiger partial charge in [0.1, 0.15) is 123 Å². The van der Waals surface area contributed by atoms with E-state index >= 15 is 0 Å². The molecule has 4 aliphatic carbocycles. The van der Waals surface area contributed by atoms with Crippen LogP contribution in [-0.4, -0.2) is 120 Å². The van der Waals surface area contributed by atoms with Crippen molar-refractivity contribution in [2.45, 2.75) is 163 Å². The Labute approximate surface area is 800 Å². The molecule has 0 fully saturated rings. The summed E-state index contributed by atoms with van der Waals surface area (Å²) in [6.45, 7) is 24.8. The number of fused-ring (bicyclic) bond motifs is 4. The van der Waals surface area contributed by atoms with Crippen molar-refractivity contribution in [2.75, 3.05) is 128 Å². The van der Waals surface area contributed by atoms with Crippen molar-refractivity contribution in [1.29, 1.82) is 0 Å². The lowest BCUT2D eigenvalue weighted by Crippen LogP contribution is -2.13. The van der Waals surface area contributed by atoms with Gasteiger partial charge in [-0.25, -0.2) is 13.2 Å². The Morgan fingerprint density at radius 3 is 0.819 bits per heavy atom. The number of anilines is 6. The maximum atomic E-state index is 13.7. The quantitative estimate of drug-likeness (QED) is 0.0161. The third kappa shape index (κ3) is 23.4. The first-order chi connectivity index (χ1) is 66.0. The molecule has 0 atom stereocenters. The van der Waals surface area contributed by atoms with Gasteiger partial charge >= 0.3 is 0 Å². The average molecular weight is 1900 g/mol. The highest BCUT2D eigenvalue weighted by Crippen LogP contribution is 2.50. The van der Waals surface area contributed by atoms with Gasteiger partial charge in [-0.15, -0.1) is 0 Å². The Kier molecular flexibility index (Phi) is 31.9. The van der Waals surface area contributed by atoms with E-state index in [0.717, 1.165) is 85.8 Å². The molecule has 732 valence electrons. The zero-order valence-electron chi connectivity index (χ0n) is 81.5. The zero-order chi connectivity index (χ0) is 99.2. The van der Waals surface area contributed by atoms with Gasteiger partial charge in [0, 0.05) is 97.3 Å². The summed E-state index contributed by atoms with van der Waals surface area (Å²) in [6, 6.07) is 41.7. The first kappa shape index (κ1) is 101. The Bertz CT molecular complexity index is 6130. The Balaban J connectivity index is 0.000000155. The molecular weight excluding hydrogens is 1780 g/mol. The summed E-state index contributed by atoms with van der Waals surface area (Å²) in [7, 11) is 11.6. The van der Waals surface area contributed by atoms with Crippen molar-refractivity contribution in [2.24, 2.45) is 0 Å². The van der Waals surface area contributed by atoms with E-state index in [4.69, 9.17) is 79.2 Å². The molecule has 4 heterocycles. The number of hydrogen-bond donors (Lipinski definition) is 6. The van der Waals surface area contributed by atoms with Gasteiger partial charge < -0.3 is 111 Å². The van der Waals surface area contributed by atoms with Crippen LogP contribution in [0, 0.1) is 33.5 Å². The van der Waals surface area contributed by atoms with Crippen molar-refractivity contribution >= 4 is 57.8 Å². The fourth-order valence-corrected chi connectivity index (χ4v) is 17.2. The van der Waals surface area contributed by atoms with Crippen LogP contribution in [0.4, 0.5) is 51.7 Å². The second-order valence-corrected chi connectivity index (χ2v) is 36.4. The van der Waals surface area contributed by atoms with Crippen LogP contribution in [0.1, 0.15) is 196 Å². The van der Waals surface area contributed by atoms with Gasteiger partial charge in [-0.05, 0) is 222 Å². The first-order valence-electron chi connectivity index (χ1n) is 45.4. The molecule has 138 heavy (non-hydrogen) atoms. The summed E-state index contributed by atoms with van der Waals surface area (Å²) in [5.74, 6) is 4.07. The number of amides is 4. The highest BCUT2D eigenvalue weighted by Gasteiger charge is 2.37. The topological polar surface area (TPSA) is 313 Å². The standard InChI is InChI=1S/C28H33FN2O5.C27H31FN2O5.C27H30FNO6.C25H26FNO5/c1-17-13-18-9-10-28(2,3)20(18)16-22(17)36-25-8-7-21(35-25)27(32)31-26-23(33-4)14-19(15-24(26)34-5)30-12-6-11-29;1-16-12-17-8-9-27(2,3)19(17)15-21(16)35-24-7-6-20(34-24)26(31)30-25-22(32-4)13-18(29-11-10-28)14-23(25)33-5;1-16-12-17-8-9-27(2,3)19(17)15-21(16)35-24-7-6-20(34-24)26(30)29-25-22(31-4)13-18(33-11-10-28)14-23(25)32-5;1-14-10-15-8-9-25(2,3)17(15)13-19(14)32-22-7-6-18(31-22)24(28)27-23-20(29-4)11-16(26)12-21(23)30-5/h7-8,13-16,30H,6,9-12H2,1-5H3,(H,31,32);6-7,12-15,29H,8-11H2,1-5H3,(H,30,31);6-7,12-15H,8-11H2,1-5H3,(H,29,30);6-7,10-13H,8-9H2,1-5H3,(H,27,28).